The van der Waals surface area contributed by atoms with Gasteiger partial charge in [-0.1, -0.05) is 42.5 Å². The van der Waals surface area contributed by atoms with Crippen molar-refractivity contribution < 1.29 is 9.21 Å². The number of amides is 1. The zero-order valence-corrected chi connectivity index (χ0v) is 14.3. The molecule has 1 amide bonds. The van der Waals surface area contributed by atoms with E-state index in [9.17, 15) is 4.79 Å². The van der Waals surface area contributed by atoms with Crippen molar-refractivity contribution >= 4 is 38.4 Å². The topological polar surface area (TPSA) is 47.5 Å². The molecule has 2 aromatic carbocycles. The van der Waals surface area contributed by atoms with Gasteiger partial charge >= 0.3 is 5.91 Å². The smallest absolute Gasteiger partial charge is 0.315 e. The number of benzene rings is 2. The molecular formula is C19H16N2O2S. The minimum atomic E-state index is -0.357. The van der Waals surface area contributed by atoms with Crippen molar-refractivity contribution in [2.75, 3.05) is 0 Å². The van der Waals surface area contributed by atoms with Crippen LogP contribution >= 0.6 is 11.3 Å². The van der Waals surface area contributed by atoms with Gasteiger partial charge in [-0.05, 0) is 36.2 Å². The summed E-state index contributed by atoms with van der Waals surface area (Å²) in [5.41, 5.74) is 3.05. The van der Waals surface area contributed by atoms with Crippen LogP contribution in [0.1, 0.15) is 23.0 Å². The number of nitrogens with zero attached hydrogens (tertiary/aromatic N) is 2. The highest BCUT2D eigenvalue weighted by Crippen LogP contribution is 2.21. The van der Waals surface area contributed by atoms with Gasteiger partial charge in [0, 0.05) is 12.4 Å². The Hall–Kier alpha value is -2.66. The maximum Gasteiger partial charge on any atom is 0.315 e. The number of aryl methyl sites for hydroxylation is 2. The minimum Gasteiger partial charge on any atom is -0.451 e. The second kappa shape index (κ2) is 5.76. The average Bonchev–Trinajstić information content (AvgIpc) is 3.16. The molecule has 24 heavy (non-hydrogen) atoms. The molecule has 0 spiro atoms. The minimum absolute atomic E-state index is 0.267. The monoisotopic (exact) mass is 336 g/mol. The van der Waals surface area contributed by atoms with Gasteiger partial charge in [0.15, 0.2) is 10.6 Å². The van der Waals surface area contributed by atoms with E-state index >= 15 is 0 Å². The lowest BCUT2D eigenvalue weighted by Crippen LogP contribution is -2.12. The number of carbonyl (C=O) groups excluding carboxylic acids is 1. The van der Waals surface area contributed by atoms with E-state index in [-0.39, 0.29) is 11.7 Å². The van der Waals surface area contributed by atoms with Gasteiger partial charge in [-0.3, -0.25) is 4.79 Å². The summed E-state index contributed by atoms with van der Waals surface area (Å²) >= 11 is 1.52. The molecule has 0 aliphatic carbocycles. The Kier molecular flexibility index (Phi) is 3.58. The Morgan fingerprint density at radius 3 is 2.83 bits per heavy atom. The summed E-state index contributed by atoms with van der Waals surface area (Å²) in [6, 6.07) is 15.7. The van der Waals surface area contributed by atoms with E-state index in [0.29, 0.717) is 10.4 Å². The zero-order valence-electron chi connectivity index (χ0n) is 13.4. The number of carbonyl (C=O) groups is 1. The highest BCUT2D eigenvalue weighted by molar-refractivity contribution is 7.16. The quantitative estimate of drug-likeness (QED) is 0.548. The Morgan fingerprint density at radius 2 is 2.04 bits per heavy atom. The van der Waals surface area contributed by atoms with E-state index in [0.717, 1.165) is 22.0 Å². The van der Waals surface area contributed by atoms with E-state index in [4.69, 9.17) is 4.42 Å². The molecule has 0 fully saturated rings. The lowest BCUT2D eigenvalue weighted by molar-refractivity contribution is 0.0973. The van der Waals surface area contributed by atoms with Gasteiger partial charge in [0.05, 0.1) is 10.2 Å². The number of rotatable bonds is 2. The Balaban J connectivity index is 1.80. The fourth-order valence-electron chi connectivity index (χ4n) is 2.73. The van der Waals surface area contributed by atoms with E-state index in [1.165, 1.54) is 16.9 Å². The number of aromatic nitrogens is 1. The van der Waals surface area contributed by atoms with Crippen molar-refractivity contribution in [2.45, 2.75) is 13.3 Å². The Labute approximate surface area is 142 Å². The Bertz CT molecular complexity index is 1100. The van der Waals surface area contributed by atoms with Crippen LogP contribution < -0.4 is 4.80 Å². The van der Waals surface area contributed by atoms with Gasteiger partial charge in [0.25, 0.3) is 0 Å². The first kappa shape index (κ1) is 14.9. The van der Waals surface area contributed by atoms with E-state index in [2.05, 4.69) is 30.1 Å². The number of hydrogen-bond acceptors (Lipinski definition) is 3. The van der Waals surface area contributed by atoms with Crippen molar-refractivity contribution in [3.8, 4) is 0 Å². The van der Waals surface area contributed by atoms with Crippen molar-refractivity contribution in [2.24, 2.45) is 12.0 Å². The molecule has 2 aromatic heterocycles. The fraction of sp³-hybridized carbons (Fsp3) is 0.158. The summed E-state index contributed by atoms with van der Waals surface area (Å²) in [5, 5.41) is 0.907. The highest BCUT2D eigenvalue weighted by Gasteiger charge is 2.12. The molecule has 0 N–H and O–H groups in total. The maximum absolute atomic E-state index is 12.5. The third-order valence-electron chi connectivity index (χ3n) is 4.12. The molecule has 4 rings (SSSR count). The summed E-state index contributed by atoms with van der Waals surface area (Å²) in [4.78, 5) is 17.4. The van der Waals surface area contributed by atoms with Crippen LogP contribution in [0.3, 0.4) is 0 Å². The van der Waals surface area contributed by atoms with Gasteiger partial charge in [0.2, 0.25) is 0 Å². The summed E-state index contributed by atoms with van der Waals surface area (Å²) in [7, 11) is 1.93. The van der Waals surface area contributed by atoms with Crippen LogP contribution in [0.5, 0.6) is 0 Å². The van der Waals surface area contributed by atoms with E-state index in [1.54, 1.807) is 6.07 Å². The summed E-state index contributed by atoms with van der Waals surface area (Å²) < 4.78 is 8.68. The van der Waals surface area contributed by atoms with Gasteiger partial charge in [-0.25, -0.2) is 0 Å². The number of hydrogen-bond donors (Lipinski definition) is 0. The predicted octanol–water partition coefficient (Wildman–Crippen LogP) is 4.29. The fourth-order valence-corrected chi connectivity index (χ4v) is 3.81. The summed E-state index contributed by atoms with van der Waals surface area (Å²) in [6.07, 6.45) is 0.988. The second-order valence-electron chi connectivity index (χ2n) is 5.66. The van der Waals surface area contributed by atoms with E-state index in [1.807, 2.05) is 35.9 Å². The molecule has 0 aliphatic rings. The summed E-state index contributed by atoms with van der Waals surface area (Å²) in [6.45, 7) is 2.13. The number of fused-ring (bicyclic) bond motifs is 2. The SMILES string of the molecule is CCc1ccc2c(c1)sc(=NC(=O)c1cc3ccccc3o1)n2C. The van der Waals surface area contributed by atoms with Crippen molar-refractivity contribution in [3.05, 3.63) is 64.7 Å². The predicted molar refractivity (Wildman–Crippen MR) is 96.3 cm³/mol. The van der Waals surface area contributed by atoms with Crippen LogP contribution in [0.4, 0.5) is 0 Å². The molecule has 0 saturated carbocycles. The summed E-state index contributed by atoms with van der Waals surface area (Å²) in [5.74, 6) is -0.0908. The van der Waals surface area contributed by atoms with Crippen LogP contribution in [-0.2, 0) is 13.5 Å². The lowest BCUT2D eigenvalue weighted by atomic mass is 10.2. The van der Waals surface area contributed by atoms with Crippen molar-refractivity contribution in [3.63, 3.8) is 0 Å². The molecule has 0 saturated heterocycles. The van der Waals surface area contributed by atoms with Crippen molar-refractivity contribution in [1.29, 1.82) is 0 Å². The molecular weight excluding hydrogens is 320 g/mol. The number of furan rings is 1. The molecule has 5 heteroatoms. The average molecular weight is 336 g/mol. The lowest BCUT2D eigenvalue weighted by Gasteiger charge is -1.97. The van der Waals surface area contributed by atoms with Crippen molar-refractivity contribution in [1.82, 2.24) is 4.57 Å². The molecule has 0 atom stereocenters. The molecule has 4 aromatic rings. The molecule has 0 aliphatic heterocycles. The van der Waals surface area contributed by atoms with Crippen LogP contribution in [0.25, 0.3) is 21.2 Å². The van der Waals surface area contributed by atoms with Gasteiger partial charge in [0.1, 0.15) is 5.58 Å². The largest absolute Gasteiger partial charge is 0.451 e. The highest BCUT2D eigenvalue weighted by atomic mass is 32.1. The molecule has 0 unspecified atom stereocenters. The number of para-hydroxylation sites is 1. The van der Waals surface area contributed by atoms with Gasteiger partial charge in [-0.2, -0.15) is 4.99 Å². The van der Waals surface area contributed by atoms with Crippen LogP contribution in [0, 0.1) is 0 Å². The normalized spacial score (nSPS) is 12.3. The van der Waals surface area contributed by atoms with Crippen LogP contribution in [0.2, 0.25) is 0 Å². The van der Waals surface area contributed by atoms with Gasteiger partial charge in [-0.15, -0.1) is 0 Å². The first-order valence-electron chi connectivity index (χ1n) is 7.82. The second-order valence-corrected chi connectivity index (χ2v) is 6.67. The van der Waals surface area contributed by atoms with Crippen LogP contribution in [-0.4, -0.2) is 10.5 Å². The number of thiazole rings is 1. The van der Waals surface area contributed by atoms with Crippen LogP contribution in [0.15, 0.2) is 57.9 Å². The standard InChI is InChI=1S/C19H16N2O2S/c1-3-12-8-9-14-17(10-12)24-19(21(14)2)20-18(22)16-11-13-6-4-5-7-15(13)23-16/h4-11H,3H2,1-2H3. The van der Waals surface area contributed by atoms with E-state index < -0.39 is 0 Å². The maximum atomic E-state index is 12.5. The van der Waals surface area contributed by atoms with Gasteiger partial charge < -0.3 is 8.98 Å². The zero-order chi connectivity index (χ0) is 16.7. The first-order chi connectivity index (χ1) is 11.7. The molecule has 2 heterocycles. The molecule has 120 valence electrons. The Morgan fingerprint density at radius 1 is 1.21 bits per heavy atom. The molecule has 0 bridgehead atoms. The molecule has 0 radical (unpaired) electrons. The molecule has 4 nitrogen and oxygen atoms in total. The first-order valence-corrected chi connectivity index (χ1v) is 8.63. The third kappa shape index (κ3) is 2.47. The third-order valence-corrected chi connectivity index (χ3v) is 5.21.